The first-order chi connectivity index (χ1) is 19.8. The zero-order valence-corrected chi connectivity index (χ0v) is 24.0. The Kier molecular flexibility index (Phi) is 7.60. The van der Waals surface area contributed by atoms with Crippen molar-refractivity contribution in [3.05, 3.63) is 98.8 Å². The maximum absolute atomic E-state index is 14.1. The fourth-order valence-corrected chi connectivity index (χ4v) is 6.65. The van der Waals surface area contributed by atoms with Crippen LogP contribution in [0.2, 0.25) is 10.0 Å². The minimum absolute atomic E-state index is 0.125. The lowest BCUT2D eigenvalue weighted by atomic mass is 9.95. The van der Waals surface area contributed by atoms with Crippen LogP contribution in [0.15, 0.2) is 70.6 Å². The van der Waals surface area contributed by atoms with Gasteiger partial charge in [0.25, 0.3) is 5.78 Å². The van der Waals surface area contributed by atoms with Gasteiger partial charge in [0, 0.05) is 11.3 Å². The summed E-state index contributed by atoms with van der Waals surface area (Å²) in [5.74, 6) is -1.36. The van der Waals surface area contributed by atoms with Crippen molar-refractivity contribution in [3.63, 3.8) is 0 Å². The Balaban J connectivity index is 1.41. The number of aromatic nitrogens is 2. The number of halogens is 3. The minimum atomic E-state index is -1.09. The largest absolute Gasteiger partial charge is 0.507 e. The van der Waals surface area contributed by atoms with Gasteiger partial charge in [-0.05, 0) is 47.5 Å². The van der Waals surface area contributed by atoms with E-state index in [2.05, 4.69) is 10.2 Å². The Morgan fingerprint density at radius 1 is 1.02 bits per heavy atom. The van der Waals surface area contributed by atoms with Gasteiger partial charge < -0.3 is 14.6 Å². The van der Waals surface area contributed by atoms with Gasteiger partial charge in [0.2, 0.25) is 5.13 Å². The summed E-state index contributed by atoms with van der Waals surface area (Å²) < 4.78 is 25.7. The Bertz CT molecular complexity index is 1730. The third-order valence-corrected chi connectivity index (χ3v) is 9.27. The van der Waals surface area contributed by atoms with Crippen molar-refractivity contribution in [3.8, 4) is 11.5 Å². The number of Topliss-reactive ketones (excluding diaryl/α,β-unsaturated/α-hetero) is 1. The van der Waals surface area contributed by atoms with Gasteiger partial charge >= 0.3 is 5.91 Å². The topological polar surface area (TPSA) is 102 Å². The highest BCUT2D eigenvalue weighted by Gasteiger charge is 2.48. The highest BCUT2D eigenvalue weighted by atomic mass is 35.5. The molecule has 8 nitrogen and oxygen atoms in total. The summed E-state index contributed by atoms with van der Waals surface area (Å²) in [4.78, 5) is 28.1. The number of amides is 1. The van der Waals surface area contributed by atoms with Crippen LogP contribution in [0.1, 0.15) is 22.7 Å². The SMILES string of the molecule is O=C1C(=O)N(c2nnc(SCc3ccccc3F)s2)C(c2ccc(Cl)c(Cl)c2)/C1=C(\O)c1ccc2c(c1)OCCO2. The second-order valence-electron chi connectivity index (χ2n) is 8.93. The number of ketones is 1. The number of benzene rings is 3. The molecular formula is C28H18Cl2FN3O5S2. The second-order valence-corrected chi connectivity index (χ2v) is 11.9. The molecule has 0 radical (unpaired) electrons. The number of carbonyl (C=O) groups is 2. The van der Waals surface area contributed by atoms with Crippen LogP contribution in [0.5, 0.6) is 11.5 Å². The number of carbonyl (C=O) groups excluding carboxylic acids is 2. The second kappa shape index (κ2) is 11.3. The number of thioether (sulfide) groups is 1. The fourth-order valence-electron chi connectivity index (χ4n) is 4.49. The summed E-state index contributed by atoms with van der Waals surface area (Å²) in [7, 11) is 0. The molecule has 3 heterocycles. The highest BCUT2D eigenvalue weighted by Crippen LogP contribution is 2.45. The normalized spacial score (nSPS) is 17.7. The summed E-state index contributed by atoms with van der Waals surface area (Å²) >= 11 is 14.8. The molecule has 0 saturated carbocycles. The average molecular weight is 631 g/mol. The summed E-state index contributed by atoms with van der Waals surface area (Å²) in [5, 5.41) is 20.3. The molecule has 1 saturated heterocycles. The molecular weight excluding hydrogens is 612 g/mol. The summed E-state index contributed by atoms with van der Waals surface area (Å²) in [6.45, 7) is 0.725. The van der Waals surface area contributed by atoms with E-state index in [0.717, 1.165) is 11.3 Å². The molecule has 1 amide bonds. The van der Waals surface area contributed by atoms with Gasteiger partial charge in [0.05, 0.1) is 21.7 Å². The number of ether oxygens (including phenoxy) is 2. The Morgan fingerprint density at radius 2 is 1.80 bits per heavy atom. The molecule has 208 valence electrons. The maximum Gasteiger partial charge on any atom is 0.301 e. The molecule has 2 aliphatic rings. The van der Waals surface area contributed by atoms with Crippen LogP contribution in [-0.2, 0) is 15.3 Å². The third kappa shape index (κ3) is 5.26. The minimum Gasteiger partial charge on any atom is -0.507 e. The van der Waals surface area contributed by atoms with Crippen molar-refractivity contribution >= 4 is 68.9 Å². The smallest absolute Gasteiger partial charge is 0.301 e. The van der Waals surface area contributed by atoms with Crippen molar-refractivity contribution in [1.82, 2.24) is 10.2 Å². The van der Waals surface area contributed by atoms with Crippen molar-refractivity contribution in [2.24, 2.45) is 0 Å². The molecule has 6 rings (SSSR count). The average Bonchev–Trinajstić information content (AvgIpc) is 3.55. The van der Waals surface area contributed by atoms with E-state index >= 15 is 0 Å². The number of aliphatic hydroxyl groups excluding tert-OH is 1. The van der Waals surface area contributed by atoms with Crippen molar-refractivity contribution in [2.75, 3.05) is 18.1 Å². The molecule has 4 aromatic rings. The number of anilines is 1. The van der Waals surface area contributed by atoms with Crippen molar-refractivity contribution < 1.29 is 28.6 Å². The molecule has 41 heavy (non-hydrogen) atoms. The zero-order valence-electron chi connectivity index (χ0n) is 20.8. The lowest BCUT2D eigenvalue weighted by Crippen LogP contribution is -2.29. The predicted octanol–water partition coefficient (Wildman–Crippen LogP) is 6.67. The molecule has 3 aromatic carbocycles. The number of hydrogen-bond acceptors (Lipinski definition) is 9. The van der Waals surface area contributed by atoms with E-state index < -0.39 is 23.5 Å². The van der Waals surface area contributed by atoms with E-state index in [9.17, 15) is 19.1 Å². The van der Waals surface area contributed by atoms with E-state index in [-0.39, 0.29) is 32.1 Å². The van der Waals surface area contributed by atoms with Gasteiger partial charge in [0.15, 0.2) is 15.8 Å². The molecule has 1 fully saturated rings. The van der Waals surface area contributed by atoms with Gasteiger partial charge in [-0.1, -0.05) is 70.6 Å². The highest BCUT2D eigenvalue weighted by molar-refractivity contribution is 8.00. The molecule has 1 unspecified atom stereocenters. The molecule has 1 aromatic heterocycles. The molecule has 1 atom stereocenters. The molecule has 1 N–H and O–H groups in total. The van der Waals surface area contributed by atoms with Crippen LogP contribution in [-0.4, -0.2) is 40.2 Å². The van der Waals surface area contributed by atoms with Crippen LogP contribution < -0.4 is 14.4 Å². The zero-order chi connectivity index (χ0) is 28.7. The Hall–Kier alpha value is -3.64. The van der Waals surface area contributed by atoms with E-state index in [0.29, 0.717) is 45.9 Å². The fraction of sp³-hybridized carbons (Fsp3) is 0.143. The molecule has 0 bridgehead atoms. The maximum atomic E-state index is 14.1. The van der Waals surface area contributed by atoms with E-state index in [1.165, 1.54) is 28.8 Å². The van der Waals surface area contributed by atoms with Gasteiger partial charge in [-0.25, -0.2) is 4.39 Å². The summed E-state index contributed by atoms with van der Waals surface area (Å²) in [5.41, 5.74) is 1.01. The van der Waals surface area contributed by atoms with Crippen LogP contribution in [0.3, 0.4) is 0 Å². The third-order valence-electron chi connectivity index (χ3n) is 6.43. The van der Waals surface area contributed by atoms with Gasteiger partial charge in [0.1, 0.15) is 24.8 Å². The van der Waals surface area contributed by atoms with Crippen LogP contribution in [0.25, 0.3) is 5.76 Å². The molecule has 13 heteroatoms. The number of aliphatic hydroxyl groups is 1. The quantitative estimate of drug-likeness (QED) is 0.0829. The van der Waals surface area contributed by atoms with Crippen molar-refractivity contribution in [1.29, 1.82) is 0 Å². The predicted molar refractivity (Wildman–Crippen MR) is 155 cm³/mol. The lowest BCUT2D eigenvalue weighted by molar-refractivity contribution is -0.132. The first kappa shape index (κ1) is 27.5. The summed E-state index contributed by atoms with van der Waals surface area (Å²) in [6, 6.07) is 14.7. The van der Waals surface area contributed by atoms with Crippen LogP contribution in [0, 0.1) is 5.82 Å². The van der Waals surface area contributed by atoms with Gasteiger partial charge in [-0.15, -0.1) is 10.2 Å². The van der Waals surface area contributed by atoms with E-state index in [1.807, 2.05) is 0 Å². The van der Waals surface area contributed by atoms with Gasteiger partial charge in [-0.3, -0.25) is 14.5 Å². The number of nitrogens with zero attached hydrogens (tertiary/aromatic N) is 3. The number of rotatable bonds is 6. The van der Waals surface area contributed by atoms with Crippen molar-refractivity contribution in [2.45, 2.75) is 16.1 Å². The summed E-state index contributed by atoms with van der Waals surface area (Å²) in [6.07, 6.45) is 0. The molecule has 0 spiro atoms. The van der Waals surface area contributed by atoms with Crippen LogP contribution >= 0.6 is 46.3 Å². The number of fused-ring (bicyclic) bond motifs is 1. The first-order valence-corrected chi connectivity index (χ1v) is 14.7. The first-order valence-electron chi connectivity index (χ1n) is 12.2. The monoisotopic (exact) mass is 629 g/mol. The Labute approximate surface area is 251 Å². The molecule has 2 aliphatic heterocycles. The Morgan fingerprint density at radius 3 is 2.59 bits per heavy atom. The van der Waals surface area contributed by atoms with E-state index in [1.54, 1.807) is 48.5 Å². The van der Waals surface area contributed by atoms with Gasteiger partial charge in [-0.2, -0.15) is 0 Å². The molecule has 0 aliphatic carbocycles. The number of hydrogen-bond donors (Lipinski definition) is 1. The standard InChI is InChI=1S/C28H18Cl2FN3O5S2/c29-17-7-5-14(11-18(17)30)23-22(24(35)15-6-8-20-21(12-15)39-10-9-38-20)25(36)26(37)34(23)27-32-33-28(41-27)40-13-16-3-1-2-4-19(16)31/h1-8,11-12,23,35H,9-10,13H2/b24-22+. The van der Waals surface area contributed by atoms with Crippen LogP contribution in [0.4, 0.5) is 9.52 Å². The lowest BCUT2D eigenvalue weighted by Gasteiger charge is -2.23. The van der Waals surface area contributed by atoms with E-state index in [4.69, 9.17) is 32.7 Å².